The van der Waals surface area contributed by atoms with E-state index in [1.807, 2.05) is 0 Å². The molecule has 0 unspecified atom stereocenters. The number of carboxylic acid groups (broad SMARTS) is 1. The second kappa shape index (κ2) is 13.9. The van der Waals surface area contributed by atoms with Crippen LogP contribution < -0.4 is 16.0 Å². The molecular formula is C28H19ClF7N5O3. The summed E-state index contributed by atoms with van der Waals surface area (Å²) in [5.41, 5.74) is 0.596. The van der Waals surface area contributed by atoms with Gasteiger partial charge in [0.2, 0.25) is 11.9 Å². The van der Waals surface area contributed by atoms with E-state index in [2.05, 4.69) is 32.5 Å². The lowest BCUT2D eigenvalue weighted by Gasteiger charge is -2.15. The molecule has 16 heteroatoms. The molecular weight excluding hydrogens is 623 g/mol. The standard InChI is InChI=1S/C26H18ClF4N5O.C2HF3O2/c1-2-23(37)33-17-11-12-20(28)22(13-17)34-24-18(15-7-9-16(10-8-15)26(29,30)31)14-32-25(36-24)35-21-6-4-3-5-19(21)27;3-2(4,5)1(6)7/h2-14H,1H2,(H,33,37)(H2,32,34,35,36);(H,6,7). The van der Waals surface area contributed by atoms with Crippen molar-refractivity contribution in [1.29, 1.82) is 0 Å². The van der Waals surface area contributed by atoms with E-state index in [-0.39, 0.29) is 23.1 Å². The van der Waals surface area contributed by atoms with Gasteiger partial charge in [0.1, 0.15) is 11.6 Å². The molecule has 0 fully saturated rings. The Morgan fingerprint density at radius 3 is 2.11 bits per heavy atom. The quantitative estimate of drug-likeness (QED) is 0.119. The monoisotopic (exact) mass is 641 g/mol. The molecule has 0 saturated heterocycles. The summed E-state index contributed by atoms with van der Waals surface area (Å²) in [5, 5.41) is 15.9. The van der Waals surface area contributed by atoms with Gasteiger partial charge in [-0.05, 0) is 54.1 Å². The molecule has 1 amide bonds. The summed E-state index contributed by atoms with van der Waals surface area (Å²) in [7, 11) is 0. The van der Waals surface area contributed by atoms with Crippen LogP contribution in [0.4, 0.5) is 59.6 Å². The molecule has 230 valence electrons. The van der Waals surface area contributed by atoms with Crippen molar-refractivity contribution in [3.63, 3.8) is 0 Å². The first-order valence-electron chi connectivity index (χ1n) is 11.9. The van der Waals surface area contributed by atoms with Gasteiger partial charge in [0.15, 0.2) is 0 Å². The van der Waals surface area contributed by atoms with E-state index in [0.717, 1.165) is 24.3 Å². The zero-order chi connectivity index (χ0) is 32.7. The lowest BCUT2D eigenvalue weighted by molar-refractivity contribution is -0.192. The van der Waals surface area contributed by atoms with Crippen LogP contribution in [0.5, 0.6) is 0 Å². The average molecular weight is 642 g/mol. The highest BCUT2D eigenvalue weighted by atomic mass is 35.5. The number of carbonyl (C=O) groups excluding carboxylic acids is 1. The Kier molecular flexibility index (Phi) is 10.5. The number of carbonyl (C=O) groups is 2. The van der Waals surface area contributed by atoms with Gasteiger partial charge < -0.3 is 21.1 Å². The van der Waals surface area contributed by atoms with Gasteiger partial charge in [0.05, 0.1) is 22.0 Å². The van der Waals surface area contributed by atoms with Gasteiger partial charge in [0.25, 0.3) is 0 Å². The van der Waals surface area contributed by atoms with Crippen molar-refractivity contribution in [2.45, 2.75) is 12.4 Å². The fraction of sp³-hybridized carbons (Fsp3) is 0.0714. The van der Waals surface area contributed by atoms with Crippen molar-refractivity contribution in [3.8, 4) is 11.1 Å². The number of alkyl halides is 6. The molecule has 4 N–H and O–H groups in total. The average Bonchev–Trinajstić information content (AvgIpc) is 2.95. The number of aromatic nitrogens is 2. The molecule has 1 aromatic heterocycles. The summed E-state index contributed by atoms with van der Waals surface area (Å²) in [6, 6.07) is 15.1. The Morgan fingerprint density at radius 2 is 1.55 bits per heavy atom. The van der Waals surface area contributed by atoms with Gasteiger partial charge in [0, 0.05) is 17.4 Å². The van der Waals surface area contributed by atoms with Crippen molar-refractivity contribution in [3.05, 3.63) is 102 Å². The number of benzene rings is 3. The first-order valence-corrected chi connectivity index (χ1v) is 12.3. The fourth-order valence-electron chi connectivity index (χ4n) is 3.29. The van der Waals surface area contributed by atoms with Crippen LogP contribution in [0.25, 0.3) is 11.1 Å². The van der Waals surface area contributed by atoms with Crippen LogP contribution >= 0.6 is 11.6 Å². The number of amides is 1. The lowest BCUT2D eigenvalue weighted by Crippen LogP contribution is -2.21. The molecule has 1 heterocycles. The Hall–Kier alpha value is -5.18. The Bertz CT molecular complexity index is 1660. The Morgan fingerprint density at radius 1 is 0.909 bits per heavy atom. The SMILES string of the molecule is C=CC(=O)Nc1ccc(F)c(Nc2nc(Nc3ccccc3Cl)ncc2-c2ccc(C(F)(F)F)cc2)c1.O=C(O)C(F)(F)F. The summed E-state index contributed by atoms with van der Waals surface area (Å²) in [6.07, 6.45) is -7.13. The molecule has 0 aliphatic rings. The molecule has 0 radical (unpaired) electrons. The maximum Gasteiger partial charge on any atom is 0.490 e. The summed E-state index contributed by atoms with van der Waals surface area (Å²) in [4.78, 5) is 29.2. The predicted octanol–water partition coefficient (Wildman–Crippen LogP) is 8.20. The number of aliphatic carboxylic acids is 1. The first-order chi connectivity index (χ1) is 20.6. The van der Waals surface area contributed by atoms with Crippen LogP contribution in [-0.2, 0) is 15.8 Å². The van der Waals surface area contributed by atoms with E-state index in [1.165, 1.54) is 30.5 Å². The number of halogens is 8. The third-order valence-corrected chi connectivity index (χ3v) is 5.68. The van der Waals surface area contributed by atoms with Crippen molar-refractivity contribution in [2.75, 3.05) is 16.0 Å². The minimum atomic E-state index is -5.08. The molecule has 4 aromatic rings. The second-order valence-electron chi connectivity index (χ2n) is 8.45. The van der Waals surface area contributed by atoms with E-state index in [9.17, 15) is 35.5 Å². The number of nitrogens with zero attached hydrogens (tertiary/aromatic N) is 2. The molecule has 44 heavy (non-hydrogen) atoms. The first kappa shape index (κ1) is 33.3. The number of para-hydroxylation sites is 1. The molecule has 3 aromatic carbocycles. The molecule has 0 saturated carbocycles. The van der Waals surface area contributed by atoms with Crippen LogP contribution in [0.15, 0.2) is 85.6 Å². The zero-order valence-electron chi connectivity index (χ0n) is 21.9. The van der Waals surface area contributed by atoms with E-state index in [0.29, 0.717) is 21.8 Å². The minimum Gasteiger partial charge on any atom is -0.475 e. The van der Waals surface area contributed by atoms with Gasteiger partial charge in [-0.15, -0.1) is 0 Å². The van der Waals surface area contributed by atoms with Crippen LogP contribution in [0.3, 0.4) is 0 Å². The normalized spacial score (nSPS) is 11.1. The van der Waals surface area contributed by atoms with Crippen LogP contribution in [0, 0.1) is 5.82 Å². The third kappa shape index (κ3) is 9.16. The molecule has 0 atom stereocenters. The summed E-state index contributed by atoms with van der Waals surface area (Å²) >= 11 is 6.20. The molecule has 0 aliphatic carbocycles. The molecule has 8 nitrogen and oxygen atoms in total. The molecule has 0 spiro atoms. The maximum absolute atomic E-state index is 14.7. The number of rotatable bonds is 7. The third-order valence-electron chi connectivity index (χ3n) is 5.35. The molecule has 0 bridgehead atoms. The summed E-state index contributed by atoms with van der Waals surface area (Å²) in [6.45, 7) is 3.38. The zero-order valence-corrected chi connectivity index (χ0v) is 22.7. The Labute approximate surface area is 249 Å². The van der Waals surface area contributed by atoms with Gasteiger partial charge in [-0.3, -0.25) is 4.79 Å². The van der Waals surface area contributed by atoms with Gasteiger partial charge >= 0.3 is 18.3 Å². The number of carboxylic acids is 1. The van der Waals surface area contributed by atoms with E-state index >= 15 is 0 Å². The van der Waals surface area contributed by atoms with Gasteiger partial charge in [-0.2, -0.15) is 31.3 Å². The topological polar surface area (TPSA) is 116 Å². The maximum atomic E-state index is 14.7. The van der Waals surface area contributed by atoms with Crippen molar-refractivity contribution >= 4 is 52.3 Å². The van der Waals surface area contributed by atoms with Gasteiger partial charge in [-0.1, -0.05) is 42.4 Å². The summed E-state index contributed by atoms with van der Waals surface area (Å²) < 4.78 is 85.6. The van der Waals surface area contributed by atoms with Gasteiger partial charge in [-0.25, -0.2) is 14.2 Å². The highest BCUT2D eigenvalue weighted by molar-refractivity contribution is 6.33. The number of anilines is 5. The van der Waals surface area contributed by atoms with Crippen LogP contribution in [0.1, 0.15) is 5.56 Å². The van der Waals surface area contributed by atoms with Crippen LogP contribution in [-0.4, -0.2) is 33.1 Å². The van der Waals surface area contributed by atoms with E-state index in [4.69, 9.17) is 21.5 Å². The van der Waals surface area contributed by atoms with Crippen molar-refractivity contribution in [1.82, 2.24) is 9.97 Å². The van der Waals surface area contributed by atoms with E-state index in [1.54, 1.807) is 24.3 Å². The second-order valence-corrected chi connectivity index (χ2v) is 8.86. The highest BCUT2D eigenvalue weighted by Gasteiger charge is 2.38. The number of hydrogen-bond donors (Lipinski definition) is 4. The predicted molar refractivity (Wildman–Crippen MR) is 149 cm³/mol. The number of nitrogens with one attached hydrogen (secondary N) is 3. The van der Waals surface area contributed by atoms with Crippen molar-refractivity contribution in [2.24, 2.45) is 0 Å². The van der Waals surface area contributed by atoms with Crippen LogP contribution in [0.2, 0.25) is 5.02 Å². The fourth-order valence-corrected chi connectivity index (χ4v) is 3.47. The minimum absolute atomic E-state index is 0.0441. The van der Waals surface area contributed by atoms with Crippen molar-refractivity contribution < 1.29 is 45.4 Å². The largest absolute Gasteiger partial charge is 0.490 e. The molecule has 4 rings (SSSR count). The summed E-state index contributed by atoms with van der Waals surface area (Å²) in [5.74, 6) is -3.71. The number of hydrogen-bond acceptors (Lipinski definition) is 6. The lowest BCUT2D eigenvalue weighted by atomic mass is 10.1. The highest BCUT2D eigenvalue weighted by Crippen LogP contribution is 2.35. The Balaban J connectivity index is 0.000000676. The van der Waals surface area contributed by atoms with E-state index < -0.39 is 35.6 Å². The molecule has 0 aliphatic heterocycles. The smallest absolute Gasteiger partial charge is 0.475 e.